The summed E-state index contributed by atoms with van der Waals surface area (Å²) in [5.74, 6) is -1.02. The fourth-order valence-electron chi connectivity index (χ4n) is 0.601. The SMILES string of the molecule is CNCCN[C@H](CO)C(=O)O. The molecule has 0 saturated carbocycles. The van der Waals surface area contributed by atoms with Crippen LogP contribution in [0.15, 0.2) is 0 Å². The van der Waals surface area contributed by atoms with E-state index in [-0.39, 0.29) is 6.61 Å². The first-order valence-corrected chi connectivity index (χ1v) is 3.44. The Morgan fingerprint density at radius 2 is 2.18 bits per heavy atom. The van der Waals surface area contributed by atoms with E-state index in [1.807, 2.05) is 0 Å². The van der Waals surface area contributed by atoms with Gasteiger partial charge in [-0.1, -0.05) is 0 Å². The monoisotopic (exact) mass is 162 g/mol. The summed E-state index contributed by atoms with van der Waals surface area (Å²) in [4.78, 5) is 10.3. The summed E-state index contributed by atoms with van der Waals surface area (Å²) in [7, 11) is 1.77. The number of aliphatic hydroxyl groups is 1. The Labute approximate surface area is 65.4 Å². The molecular weight excluding hydrogens is 148 g/mol. The van der Waals surface area contributed by atoms with Gasteiger partial charge in [-0.15, -0.1) is 0 Å². The number of nitrogens with one attached hydrogen (secondary N) is 2. The van der Waals surface area contributed by atoms with E-state index < -0.39 is 12.0 Å². The van der Waals surface area contributed by atoms with Crippen LogP contribution in [0, 0.1) is 0 Å². The minimum atomic E-state index is -1.02. The molecule has 0 aromatic heterocycles. The highest BCUT2D eigenvalue weighted by Gasteiger charge is 2.13. The summed E-state index contributed by atoms with van der Waals surface area (Å²) in [6, 6.07) is -0.844. The highest BCUT2D eigenvalue weighted by atomic mass is 16.4. The van der Waals surface area contributed by atoms with Crippen LogP contribution in [-0.4, -0.2) is 49.0 Å². The van der Waals surface area contributed by atoms with Crippen LogP contribution in [0.2, 0.25) is 0 Å². The Balaban J connectivity index is 3.44. The molecule has 5 nitrogen and oxygen atoms in total. The van der Waals surface area contributed by atoms with Crippen molar-refractivity contribution < 1.29 is 15.0 Å². The van der Waals surface area contributed by atoms with Gasteiger partial charge in [0.25, 0.3) is 0 Å². The molecule has 0 radical (unpaired) electrons. The minimum absolute atomic E-state index is 0.376. The molecule has 4 N–H and O–H groups in total. The number of hydrogen-bond donors (Lipinski definition) is 4. The average Bonchev–Trinajstić information content (AvgIpc) is 1.97. The van der Waals surface area contributed by atoms with Crippen molar-refractivity contribution in [1.29, 1.82) is 0 Å². The highest BCUT2D eigenvalue weighted by molar-refractivity contribution is 5.73. The molecule has 66 valence electrons. The second kappa shape index (κ2) is 6.09. The summed E-state index contributed by atoms with van der Waals surface area (Å²) in [6.45, 7) is 0.844. The number of carboxylic acid groups (broad SMARTS) is 1. The third kappa shape index (κ3) is 4.72. The molecule has 0 saturated heterocycles. The lowest BCUT2D eigenvalue weighted by molar-refractivity contribution is -0.140. The van der Waals surface area contributed by atoms with E-state index in [4.69, 9.17) is 10.2 Å². The second-order valence-electron chi connectivity index (χ2n) is 2.13. The molecule has 0 unspecified atom stereocenters. The predicted octanol–water partition coefficient (Wildman–Crippen LogP) is -1.76. The van der Waals surface area contributed by atoms with Crippen LogP contribution in [0.5, 0.6) is 0 Å². The lowest BCUT2D eigenvalue weighted by Crippen LogP contribution is -2.42. The van der Waals surface area contributed by atoms with Gasteiger partial charge in [0.05, 0.1) is 6.61 Å². The number of rotatable bonds is 6. The average molecular weight is 162 g/mol. The van der Waals surface area contributed by atoms with Crippen molar-refractivity contribution in [3.63, 3.8) is 0 Å². The molecule has 11 heavy (non-hydrogen) atoms. The van der Waals surface area contributed by atoms with Crippen LogP contribution in [0.1, 0.15) is 0 Å². The van der Waals surface area contributed by atoms with Crippen LogP contribution in [0.25, 0.3) is 0 Å². The summed E-state index contributed by atoms with van der Waals surface area (Å²) in [5.41, 5.74) is 0. The Morgan fingerprint density at radius 3 is 2.55 bits per heavy atom. The van der Waals surface area contributed by atoms with Crippen LogP contribution < -0.4 is 10.6 Å². The Bertz CT molecular complexity index is 118. The maximum Gasteiger partial charge on any atom is 0.323 e. The Morgan fingerprint density at radius 1 is 1.55 bits per heavy atom. The lowest BCUT2D eigenvalue weighted by atomic mass is 10.3. The van der Waals surface area contributed by atoms with Gasteiger partial charge in [0.2, 0.25) is 0 Å². The molecular formula is C6H14N2O3. The molecule has 0 aromatic carbocycles. The molecule has 0 amide bonds. The maximum atomic E-state index is 10.3. The number of hydrogen-bond acceptors (Lipinski definition) is 4. The molecule has 0 aromatic rings. The summed E-state index contributed by atoms with van der Waals surface area (Å²) in [6.07, 6.45) is 0. The molecule has 0 spiro atoms. The van der Waals surface area contributed by atoms with Gasteiger partial charge < -0.3 is 20.8 Å². The number of aliphatic carboxylic acids is 1. The van der Waals surface area contributed by atoms with Crippen molar-refractivity contribution in [3.05, 3.63) is 0 Å². The minimum Gasteiger partial charge on any atom is -0.480 e. The van der Waals surface area contributed by atoms with Crippen LogP contribution >= 0.6 is 0 Å². The number of carboxylic acids is 1. The smallest absolute Gasteiger partial charge is 0.323 e. The Kier molecular flexibility index (Phi) is 5.73. The van der Waals surface area contributed by atoms with Gasteiger partial charge in [0.1, 0.15) is 6.04 Å². The van der Waals surface area contributed by atoms with Gasteiger partial charge in [-0.3, -0.25) is 4.79 Å². The van der Waals surface area contributed by atoms with Gasteiger partial charge >= 0.3 is 5.97 Å². The molecule has 0 aliphatic carbocycles. The zero-order valence-corrected chi connectivity index (χ0v) is 6.50. The molecule has 0 fully saturated rings. The standard InChI is InChI=1S/C6H14N2O3/c1-7-2-3-8-5(4-9)6(10)11/h5,7-9H,2-4H2,1H3,(H,10,11)/t5-/m1/s1. The van der Waals surface area contributed by atoms with Crippen LogP contribution in [-0.2, 0) is 4.79 Å². The zero-order chi connectivity index (χ0) is 8.69. The summed E-state index contributed by atoms with van der Waals surface area (Å²) in [5, 5.41) is 22.5. The predicted molar refractivity (Wildman–Crippen MR) is 40.4 cm³/mol. The van der Waals surface area contributed by atoms with E-state index in [1.54, 1.807) is 7.05 Å². The summed E-state index contributed by atoms with van der Waals surface area (Å²) >= 11 is 0. The van der Waals surface area contributed by atoms with E-state index >= 15 is 0 Å². The van der Waals surface area contributed by atoms with Gasteiger partial charge in [-0.25, -0.2) is 0 Å². The second-order valence-corrected chi connectivity index (χ2v) is 2.13. The molecule has 0 bridgehead atoms. The van der Waals surface area contributed by atoms with Crippen molar-refractivity contribution in [3.8, 4) is 0 Å². The van der Waals surface area contributed by atoms with E-state index in [2.05, 4.69) is 10.6 Å². The molecule has 0 aliphatic rings. The van der Waals surface area contributed by atoms with Crippen molar-refractivity contribution in [2.45, 2.75) is 6.04 Å². The number of aliphatic hydroxyl groups excluding tert-OH is 1. The van der Waals surface area contributed by atoms with Gasteiger partial charge in [-0.05, 0) is 7.05 Å². The summed E-state index contributed by atoms with van der Waals surface area (Å²) < 4.78 is 0. The van der Waals surface area contributed by atoms with E-state index in [0.29, 0.717) is 13.1 Å². The van der Waals surface area contributed by atoms with Crippen LogP contribution in [0.3, 0.4) is 0 Å². The van der Waals surface area contributed by atoms with Gasteiger partial charge in [0, 0.05) is 13.1 Å². The first-order chi connectivity index (χ1) is 5.22. The van der Waals surface area contributed by atoms with Gasteiger partial charge in [-0.2, -0.15) is 0 Å². The van der Waals surface area contributed by atoms with E-state index in [1.165, 1.54) is 0 Å². The number of carbonyl (C=O) groups is 1. The Hall–Kier alpha value is -0.650. The molecule has 5 heteroatoms. The molecule has 0 rings (SSSR count). The van der Waals surface area contributed by atoms with Gasteiger partial charge in [0.15, 0.2) is 0 Å². The van der Waals surface area contributed by atoms with Crippen molar-refractivity contribution in [2.24, 2.45) is 0 Å². The first-order valence-electron chi connectivity index (χ1n) is 3.44. The van der Waals surface area contributed by atoms with Crippen LogP contribution in [0.4, 0.5) is 0 Å². The maximum absolute atomic E-state index is 10.3. The molecule has 0 heterocycles. The largest absolute Gasteiger partial charge is 0.480 e. The fraction of sp³-hybridized carbons (Fsp3) is 0.833. The zero-order valence-electron chi connectivity index (χ0n) is 6.50. The fourth-order valence-corrected chi connectivity index (χ4v) is 0.601. The molecule has 0 aliphatic heterocycles. The van der Waals surface area contributed by atoms with E-state index in [9.17, 15) is 4.79 Å². The first kappa shape index (κ1) is 10.3. The van der Waals surface area contributed by atoms with Crippen molar-refractivity contribution >= 4 is 5.97 Å². The van der Waals surface area contributed by atoms with Crippen molar-refractivity contribution in [2.75, 3.05) is 26.7 Å². The lowest BCUT2D eigenvalue weighted by Gasteiger charge is -2.10. The highest BCUT2D eigenvalue weighted by Crippen LogP contribution is 1.79. The van der Waals surface area contributed by atoms with Crippen molar-refractivity contribution in [1.82, 2.24) is 10.6 Å². The quantitative estimate of drug-likeness (QED) is 0.348. The molecule has 1 atom stereocenters. The normalized spacial score (nSPS) is 12.9. The topological polar surface area (TPSA) is 81.6 Å². The van der Waals surface area contributed by atoms with E-state index in [0.717, 1.165) is 0 Å². The third-order valence-electron chi connectivity index (χ3n) is 1.25. The third-order valence-corrected chi connectivity index (χ3v) is 1.25. The number of likely N-dealkylation sites (N-methyl/N-ethyl adjacent to an activating group) is 1.